The van der Waals surface area contributed by atoms with Crippen LogP contribution in [0.3, 0.4) is 0 Å². The molecule has 0 aliphatic carbocycles. The van der Waals surface area contributed by atoms with Crippen LogP contribution in [0.2, 0.25) is 0 Å². The molecule has 0 saturated heterocycles. The maximum atomic E-state index is 10.7. The zero-order valence-corrected chi connectivity index (χ0v) is 8.10. The van der Waals surface area contributed by atoms with E-state index in [4.69, 9.17) is 5.11 Å². The van der Waals surface area contributed by atoms with Gasteiger partial charge in [0.2, 0.25) is 5.91 Å². The van der Waals surface area contributed by atoms with Crippen molar-refractivity contribution in [3.63, 3.8) is 0 Å². The van der Waals surface area contributed by atoms with E-state index in [1.54, 1.807) is 18.3 Å². The van der Waals surface area contributed by atoms with Crippen LogP contribution in [0.1, 0.15) is 12.5 Å². The van der Waals surface area contributed by atoms with Crippen molar-refractivity contribution in [3.8, 4) is 0 Å². The number of carbonyl (C=O) groups is 2. The van der Waals surface area contributed by atoms with E-state index in [0.29, 0.717) is 5.56 Å². The van der Waals surface area contributed by atoms with Gasteiger partial charge < -0.3 is 10.4 Å². The topological polar surface area (TPSA) is 79.3 Å². The number of carbonyl (C=O) groups excluding carboxylic acids is 1. The number of rotatable bonds is 3. The summed E-state index contributed by atoms with van der Waals surface area (Å²) in [5, 5.41) is 11.0. The van der Waals surface area contributed by atoms with Gasteiger partial charge in [0.1, 0.15) is 5.70 Å². The van der Waals surface area contributed by atoms with E-state index in [9.17, 15) is 9.59 Å². The molecule has 0 fully saturated rings. The van der Waals surface area contributed by atoms with Crippen LogP contribution in [0.5, 0.6) is 0 Å². The third-order valence-corrected chi connectivity index (χ3v) is 1.54. The van der Waals surface area contributed by atoms with Crippen molar-refractivity contribution in [2.75, 3.05) is 0 Å². The van der Waals surface area contributed by atoms with Gasteiger partial charge in [-0.25, -0.2) is 4.79 Å². The summed E-state index contributed by atoms with van der Waals surface area (Å²) >= 11 is 0. The van der Waals surface area contributed by atoms with E-state index in [1.165, 1.54) is 19.2 Å². The molecule has 0 unspecified atom stereocenters. The van der Waals surface area contributed by atoms with Gasteiger partial charge in [-0.1, -0.05) is 6.07 Å². The number of carboxylic acids is 1. The predicted octanol–water partition coefficient (Wildman–Crippen LogP) is 0.643. The zero-order valence-electron chi connectivity index (χ0n) is 8.10. The first-order chi connectivity index (χ1) is 7.09. The monoisotopic (exact) mass is 206 g/mol. The molecule has 1 aromatic rings. The minimum Gasteiger partial charge on any atom is -0.477 e. The number of aliphatic carboxylic acids is 1. The highest BCUT2D eigenvalue weighted by molar-refractivity contribution is 5.96. The molecule has 5 nitrogen and oxygen atoms in total. The Bertz CT molecular complexity index is 398. The van der Waals surface area contributed by atoms with Gasteiger partial charge in [-0.15, -0.1) is 0 Å². The molecule has 0 aliphatic rings. The fourth-order valence-corrected chi connectivity index (χ4v) is 0.969. The Hall–Kier alpha value is -2.17. The Kier molecular flexibility index (Phi) is 3.56. The van der Waals surface area contributed by atoms with Gasteiger partial charge in [0.15, 0.2) is 0 Å². The van der Waals surface area contributed by atoms with Crippen molar-refractivity contribution >= 4 is 18.0 Å². The molecule has 0 aliphatic heterocycles. The minimum atomic E-state index is -1.19. The Morgan fingerprint density at radius 3 is 2.73 bits per heavy atom. The summed E-state index contributed by atoms with van der Waals surface area (Å²) in [5.74, 6) is -1.61. The summed E-state index contributed by atoms with van der Waals surface area (Å²) in [6.07, 6.45) is 4.43. The summed E-state index contributed by atoms with van der Waals surface area (Å²) in [6, 6.07) is 3.37. The summed E-state index contributed by atoms with van der Waals surface area (Å²) in [7, 11) is 0. The second-order valence-electron chi connectivity index (χ2n) is 2.83. The van der Waals surface area contributed by atoms with Crippen molar-refractivity contribution in [2.24, 2.45) is 0 Å². The van der Waals surface area contributed by atoms with Crippen LogP contribution >= 0.6 is 0 Å². The van der Waals surface area contributed by atoms with Crippen molar-refractivity contribution in [1.29, 1.82) is 0 Å². The average Bonchev–Trinajstić information content (AvgIpc) is 2.17. The van der Waals surface area contributed by atoms with E-state index < -0.39 is 11.9 Å². The Balaban J connectivity index is 2.94. The number of aromatic nitrogens is 1. The van der Waals surface area contributed by atoms with Crippen molar-refractivity contribution in [2.45, 2.75) is 6.92 Å². The SMILES string of the molecule is CC(=O)NC(=Cc1cccnc1)C(=O)O. The largest absolute Gasteiger partial charge is 0.477 e. The number of hydrogen-bond donors (Lipinski definition) is 2. The van der Waals surface area contributed by atoms with Crippen molar-refractivity contribution in [1.82, 2.24) is 10.3 Å². The first-order valence-corrected chi connectivity index (χ1v) is 4.22. The predicted molar refractivity (Wildman–Crippen MR) is 53.7 cm³/mol. The number of pyridine rings is 1. The van der Waals surface area contributed by atoms with Gasteiger partial charge in [0.05, 0.1) is 0 Å². The second-order valence-corrected chi connectivity index (χ2v) is 2.83. The molecule has 5 heteroatoms. The normalized spacial score (nSPS) is 10.9. The van der Waals surface area contributed by atoms with Gasteiger partial charge in [-0.05, 0) is 17.7 Å². The van der Waals surface area contributed by atoms with E-state index in [2.05, 4.69) is 10.3 Å². The molecule has 15 heavy (non-hydrogen) atoms. The van der Waals surface area contributed by atoms with Crippen LogP contribution < -0.4 is 5.32 Å². The average molecular weight is 206 g/mol. The fourth-order valence-electron chi connectivity index (χ4n) is 0.969. The van der Waals surface area contributed by atoms with Crippen molar-refractivity contribution in [3.05, 3.63) is 35.8 Å². The first-order valence-electron chi connectivity index (χ1n) is 4.22. The second kappa shape index (κ2) is 4.90. The molecule has 0 saturated carbocycles. The summed E-state index contributed by atoms with van der Waals surface area (Å²) < 4.78 is 0. The Morgan fingerprint density at radius 1 is 1.53 bits per heavy atom. The summed E-state index contributed by atoms with van der Waals surface area (Å²) in [4.78, 5) is 25.3. The number of amides is 1. The highest BCUT2D eigenvalue weighted by Crippen LogP contribution is 2.03. The molecular formula is C10H10N2O3. The van der Waals surface area contributed by atoms with Gasteiger partial charge >= 0.3 is 5.97 Å². The molecular weight excluding hydrogens is 196 g/mol. The fraction of sp³-hybridized carbons (Fsp3) is 0.100. The molecule has 78 valence electrons. The Morgan fingerprint density at radius 2 is 2.27 bits per heavy atom. The molecule has 0 radical (unpaired) electrons. The molecule has 0 atom stereocenters. The van der Waals surface area contributed by atoms with Crippen LogP contribution in [-0.4, -0.2) is 22.0 Å². The highest BCUT2D eigenvalue weighted by atomic mass is 16.4. The quantitative estimate of drug-likeness (QED) is 0.711. The smallest absolute Gasteiger partial charge is 0.352 e. The van der Waals surface area contributed by atoms with Crippen molar-refractivity contribution < 1.29 is 14.7 Å². The first kappa shape index (κ1) is 10.9. The van der Waals surface area contributed by atoms with Gasteiger partial charge in [-0.3, -0.25) is 9.78 Å². The molecule has 1 rings (SSSR count). The third-order valence-electron chi connectivity index (χ3n) is 1.54. The van der Waals surface area contributed by atoms with E-state index in [0.717, 1.165) is 0 Å². The number of nitrogens with zero attached hydrogens (tertiary/aromatic N) is 1. The van der Waals surface area contributed by atoms with E-state index in [-0.39, 0.29) is 5.70 Å². The van der Waals surface area contributed by atoms with Gasteiger partial charge in [0, 0.05) is 19.3 Å². The summed E-state index contributed by atoms with van der Waals surface area (Å²) in [6.45, 7) is 1.25. The molecule has 0 bridgehead atoms. The zero-order chi connectivity index (χ0) is 11.3. The molecule has 2 N–H and O–H groups in total. The molecule has 1 amide bonds. The number of carboxylic acid groups (broad SMARTS) is 1. The third kappa shape index (κ3) is 3.60. The molecule has 0 aromatic carbocycles. The Labute approximate surface area is 86.5 Å². The number of nitrogens with one attached hydrogen (secondary N) is 1. The van der Waals surface area contributed by atoms with Crippen LogP contribution in [-0.2, 0) is 9.59 Å². The maximum Gasteiger partial charge on any atom is 0.352 e. The van der Waals surface area contributed by atoms with Crippen LogP contribution in [0.15, 0.2) is 30.2 Å². The number of hydrogen-bond acceptors (Lipinski definition) is 3. The van der Waals surface area contributed by atoms with Crippen LogP contribution in [0.25, 0.3) is 6.08 Å². The lowest BCUT2D eigenvalue weighted by Gasteiger charge is -2.02. The lowest BCUT2D eigenvalue weighted by molar-refractivity contribution is -0.134. The van der Waals surface area contributed by atoms with Gasteiger partial charge in [-0.2, -0.15) is 0 Å². The van der Waals surface area contributed by atoms with E-state index in [1.807, 2.05) is 0 Å². The highest BCUT2D eigenvalue weighted by Gasteiger charge is 2.08. The molecule has 1 heterocycles. The van der Waals surface area contributed by atoms with E-state index >= 15 is 0 Å². The summed E-state index contributed by atoms with van der Waals surface area (Å²) in [5.41, 5.74) is 0.444. The van der Waals surface area contributed by atoms with Crippen LogP contribution in [0, 0.1) is 0 Å². The lowest BCUT2D eigenvalue weighted by Crippen LogP contribution is -2.24. The molecule has 0 spiro atoms. The lowest BCUT2D eigenvalue weighted by atomic mass is 10.2. The van der Waals surface area contributed by atoms with Gasteiger partial charge in [0.25, 0.3) is 0 Å². The maximum absolute atomic E-state index is 10.7. The standard InChI is InChI=1S/C10H10N2O3/c1-7(13)12-9(10(14)15)5-8-3-2-4-11-6-8/h2-6H,1H3,(H,12,13)(H,14,15). The minimum absolute atomic E-state index is 0.171. The van der Waals surface area contributed by atoms with Crippen LogP contribution in [0.4, 0.5) is 0 Å². The molecule has 1 aromatic heterocycles.